The molecule has 0 saturated heterocycles. The number of nitrogens with one attached hydrogen (secondary N) is 3. The molecule has 0 amide bonds. The normalized spacial score (nSPS) is 16.3. The first-order chi connectivity index (χ1) is 7.00. The molecule has 0 aromatic carbocycles. The Morgan fingerprint density at radius 2 is 2.33 bits per heavy atom. The van der Waals surface area contributed by atoms with Gasteiger partial charge in [0, 0.05) is 0 Å². The van der Waals surface area contributed by atoms with Gasteiger partial charge in [-0.25, -0.2) is 8.42 Å². The molecule has 2 rings (SSSR count). The van der Waals surface area contributed by atoms with Crippen molar-refractivity contribution in [3.8, 4) is 0 Å². The summed E-state index contributed by atoms with van der Waals surface area (Å²) in [5.41, 5.74) is 5.52. The first-order valence-corrected chi connectivity index (χ1v) is 5.95. The summed E-state index contributed by atoms with van der Waals surface area (Å²) < 4.78 is 25.5. The van der Waals surface area contributed by atoms with Crippen LogP contribution in [0.5, 0.6) is 0 Å². The average Bonchev–Trinajstić information content (AvgIpc) is 2.88. The van der Waals surface area contributed by atoms with Crippen LogP contribution in [0.2, 0.25) is 0 Å². The maximum atomic E-state index is 11.6. The molecular formula is C7H11N5O2S. The summed E-state index contributed by atoms with van der Waals surface area (Å²) in [4.78, 5) is 0. The fourth-order valence-corrected chi connectivity index (χ4v) is 2.54. The van der Waals surface area contributed by atoms with E-state index in [1.807, 2.05) is 0 Å². The van der Waals surface area contributed by atoms with Gasteiger partial charge in [0.05, 0.1) is 17.0 Å². The highest BCUT2D eigenvalue weighted by Crippen LogP contribution is 2.29. The molecule has 0 bridgehead atoms. The van der Waals surface area contributed by atoms with Crippen LogP contribution in [0.3, 0.4) is 0 Å². The predicted molar refractivity (Wildman–Crippen MR) is 55.2 cm³/mol. The topological polar surface area (TPSA) is 125 Å². The molecule has 0 atom stereocenters. The van der Waals surface area contributed by atoms with Crippen LogP contribution in [0.4, 0.5) is 5.82 Å². The number of H-pyrrole nitrogens is 1. The highest BCUT2D eigenvalue weighted by molar-refractivity contribution is 7.93. The lowest BCUT2D eigenvalue weighted by atomic mass is 10.3. The van der Waals surface area contributed by atoms with E-state index in [-0.39, 0.29) is 22.5 Å². The van der Waals surface area contributed by atoms with Crippen LogP contribution in [0.15, 0.2) is 6.20 Å². The third kappa shape index (κ3) is 1.94. The van der Waals surface area contributed by atoms with Gasteiger partial charge >= 0.3 is 0 Å². The second-order valence-corrected chi connectivity index (χ2v) is 5.38. The number of sulfonamides is 1. The molecule has 1 fully saturated rings. The van der Waals surface area contributed by atoms with Crippen LogP contribution in [0.25, 0.3) is 0 Å². The summed E-state index contributed by atoms with van der Waals surface area (Å²) in [6, 6.07) is 0. The zero-order valence-electron chi connectivity index (χ0n) is 7.82. The highest BCUT2D eigenvalue weighted by atomic mass is 32.2. The highest BCUT2D eigenvalue weighted by Gasteiger charge is 2.36. The minimum atomic E-state index is -3.34. The number of amidine groups is 1. The van der Waals surface area contributed by atoms with Gasteiger partial charge in [-0.05, 0) is 12.8 Å². The van der Waals surface area contributed by atoms with Gasteiger partial charge in [-0.2, -0.15) is 5.10 Å². The van der Waals surface area contributed by atoms with E-state index in [1.165, 1.54) is 6.20 Å². The van der Waals surface area contributed by atoms with Crippen molar-refractivity contribution in [1.29, 1.82) is 5.41 Å². The molecule has 1 aliphatic carbocycles. The Morgan fingerprint density at radius 3 is 2.87 bits per heavy atom. The van der Waals surface area contributed by atoms with Gasteiger partial charge in [0.15, 0.2) is 0 Å². The van der Waals surface area contributed by atoms with E-state index >= 15 is 0 Å². The van der Waals surface area contributed by atoms with Crippen molar-refractivity contribution in [3.05, 3.63) is 11.8 Å². The molecule has 1 aliphatic rings. The van der Waals surface area contributed by atoms with E-state index < -0.39 is 10.0 Å². The van der Waals surface area contributed by atoms with Gasteiger partial charge in [0.2, 0.25) is 10.0 Å². The molecule has 0 unspecified atom stereocenters. The second-order valence-electron chi connectivity index (χ2n) is 3.42. The zero-order chi connectivity index (χ0) is 11.1. The van der Waals surface area contributed by atoms with Crippen molar-refractivity contribution in [2.45, 2.75) is 18.1 Å². The zero-order valence-corrected chi connectivity index (χ0v) is 8.63. The van der Waals surface area contributed by atoms with Crippen molar-refractivity contribution < 1.29 is 8.42 Å². The molecule has 1 heterocycles. The van der Waals surface area contributed by atoms with Gasteiger partial charge in [-0.1, -0.05) is 0 Å². The number of aromatic amines is 1. The van der Waals surface area contributed by atoms with Crippen LogP contribution in [0, 0.1) is 5.41 Å². The maximum Gasteiger partial charge on any atom is 0.236 e. The molecule has 15 heavy (non-hydrogen) atoms. The summed E-state index contributed by atoms with van der Waals surface area (Å²) in [5.74, 6) is -0.0633. The second kappa shape index (κ2) is 3.23. The molecule has 8 heteroatoms. The van der Waals surface area contributed by atoms with Crippen LogP contribution in [-0.2, 0) is 10.0 Å². The monoisotopic (exact) mass is 229 g/mol. The van der Waals surface area contributed by atoms with Gasteiger partial charge in [0.1, 0.15) is 11.7 Å². The van der Waals surface area contributed by atoms with Crippen molar-refractivity contribution in [3.63, 3.8) is 0 Å². The van der Waals surface area contributed by atoms with Crippen molar-refractivity contribution >= 4 is 21.7 Å². The first kappa shape index (κ1) is 9.97. The number of hydrogen-bond donors (Lipinski definition) is 4. The van der Waals surface area contributed by atoms with E-state index in [4.69, 9.17) is 11.1 Å². The summed E-state index contributed by atoms with van der Waals surface area (Å²) in [7, 11) is -3.34. The fraction of sp³-hybridized carbons (Fsp3) is 0.429. The average molecular weight is 229 g/mol. The van der Waals surface area contributed by atoms with E-state index in [2.05, 4.69) is 14.9 Å². The third-order valence-electron chi connectivity index (χ3n) is 2.14. The van der Waals surface area contributed by atoms with E-state index in [1.54, 1.807) is 0 Å². The maximum absolute atomic E-state index is 11.6. The van der Waals surface area contributed by atoms with Crippen molar-refractivity contribution in [1.82, 2.24) is 10.2 Å². The Hall–Kier alpha value is -1.57. The van der Waals surface area contributed by atoms with E-state index in [0.29, 0.717) is 12.8 Å². The number of aromatic nitrogens is 2. The van der Waals surface area contributed by atoms with E-state index in [9.17, 15) is 8.42 Å². The summed E-state index contributed by atoms with van der Waals surface area (Å²) in [6.07, 6.45) is 2.67. The molecule has 1 saturated carbocycles. The smallest absolute Gasteiger partial charge is 0.236 e. The van der Waals surface area contributed by atoms with Crippen LogP contribution in [-0.4, -0.2) is 29.7 Å². The number of nitrogen functional groups attached to an aromatic ring is 1. The lowest BCUT2D eigenvalue weighted by Gasteiger charge is -2.05. The summed E-state index contributed by atoms with van der Waals surface area (Å²) in [6.45, 7) is 0. The SMILES string of the molecule is N=C(N)c1cn[nH]c1NS(=O)(=O)C1CC1. The third-order valence-corrected chi connectivity index (χ3v) is 3.97. The standard InChI is InChI=1S/C7H11N5O2S/c8-6(9)5-3-10-11-7(5)12-15(13,14)4-1-2-4/h3-4H,1-2H2,(H3,8,9)(H2,10,11,12). The summed E-state index contributed by atoms with van der Waals surface area (Å²) >= 11 is 0. The lowest BCUT2D eigenvalue weighted by molar-refractivity contribution is 0.599. The Balaban J connectivity index is 2.24. The Morgan fingerprint density at radius 1 is 1.67 bits per heavy atom. The Labute approximate surface area is 86.6 Å². The van der Waals surface area contributed by atoms with Crippen molar-refractivity contribution in [2.24, 2.45) is 5.73 Å². The number of nitrogens with two attached hydrogens (primary N) is 1. The summed E-state index contributed by atoms with van der Waals surface area (Å²) in [5, 5.41) is 13.0. The predicted octanol–water partition coefficient (Wildman–Crippen LogP) is -0.402. The Bertz CT molecular complexity index is 487. The van der Waals surface area contributed by atoms with Gasteiger partial charge in [0.25, 0.3) is 0 Å². The molecular weight excluding hydrogens is 218 g/mol. The largest absolute Gasteiger partial charge is 0.384 e. The molecule has 0 spiro atoms. The number of nitrogens with zero attached hydrogens (tertiary/aromatic N) is 1. The number of hydrogen-bond acceptors (Lipinski definition) is 4. The van der Waals surface area contributed by atoms with Crippen LogP contribution < -0.4 is 10.5 Å². The number of rotatable bonds is 4. The molecule has 1 aromatic heterocycles. The Kier molecular flexibility index (Phi) is 2.14. The van der Waals surface area contributed by atoms with Crippen LogP contribution >= 0.6 is 0 Å². The molecule has 7 nitrogen and oxygen atoms in total. The molecule has 5 N–H and O–H groups in total. The van der Waals surface area contributed by atoms with E-state index in [0.717, 1.165) is 0 Å². The van der Waals surface area contributed by atoms with Crippen LogP contribution in [0.1, 0.15) is 18.4 Å². The molecule has 0 aliphatic heterocycles. The molecule has 82 valence electrons. The van der Waals surface area contributed by atoms with Crippen molar-refractivity contribution in [2.75, 3.05) is 4.72 Å². The first-order valence-electron chi connectivity index (χ1n) is 4.40. The van der Waals surface area contributed by atoms with Gasteiger partial charge < -0.3 is 5.73 Å². The molecule has 1 aromatic rings. The number of anilines is 1. The van der Waals surface area contributed by atoms with Gasteiger partial charge in [-0.3, -0.25) is 15.2 Å². The lowest BCUT2D eigenvalue weighted by Crippen LogP contribution is -2.20. The molecule has 0 radical (unpaired) electrons. The fourth-order valence-electron chi connectivity index (χ4n) is 1.17. The minimum absolute atomic E-state index is 0.161. The van der Waals surface area contributed by atoms with Gasteiger partial charge in [-0.15, -0.1) is 0 Å². The quantitative estimate of drug-likeness (QED) is 0.414. The minimum Gasteiger partial charge on any atom is -0.384 e.